The highest BCUT2D eigenvalue weighted by molar-refractivity contribution is 5.79. The molecule has 0 saturated heterocycles. The van der Waals surface area contributed by atoms with Crippen molar-refractivity contribution in [3.8, 4) is 0 Å². The molecular weight excluding hydrogens is 430 g/mol. The largest absolute Gasteiger partial charge is 0.348 e. The Balaban J connectivity index is 1.35. The zero-order valence-electron chi connectivity index (χ0n) is 19.7. The number of para-hydroxylation sites is 4. The van der Waals surface area contributed by atoms with E-state index in [0.717, 1.165) is 46.9 Å². The van der Waals surface area contributed by atoms with Crippen molar-refractivity contribution in [2.24, 2.45) is 0 Å². The Hall–Kier alpha value is -4.38. The smallest absolute Gasteiger partial charge is 0.204 e. The molecule has 0 amide bonds. The van der Waals surface area contributed by atoms with Crippen molar-refractivity contribution in [2.75, 3.05) is 5.32 Å². The first-order valence-corrected chi connectivity index (χ1v) is 12.0. The van der Waals surface area contributed by atoms with Gasteiger partial charge in [0.05, 0.1) is 35.2 Å². The second kappa shape index (κ2) is 9.11. The molecule has 0 aliphatic carbocycles. The van der Waals surface area contributed by atoms with Crippen LogP contribution in [-0.2, 0) is 19.6 Å². The number of aryl methyl sites for hydroxylation is 1. The number of imidazole rings is 2. The Morgan fingerprint density at radius 1 is 0.600 bits per heavy atom. The van der Waals surface area contributed by atoms with Crippen LogP contribution in [0.15, 0.2) is 103 Å². The Bertz CT molecular complexity index is 1590. The van der Waals surface area contributed by atoms with Gasteiger partial charge < -0.3 is 14.5 Å². The summed E-state index contributed by atoms with van der Waals surface area (Å²) in [6, 6.07) is 35.9. The van der Waals surface area contributed by atoms with Gasteiger partial charge in [-0.2, -0.15) is 0 Å². The summed E-state index contributed by atoms with van der Waals surface area (Å²) in [4.78, 5) is 9.89. The maximum atomic E-state index is 4.96. The van der Waals surface area contributed by atoms with Crippen LogP contribution in [0.25, 0.3) is 22.1 Å². The number of aromatic nitrogens is 4. The van der Waals surface area contributed by atoms with E-state index in [-0.39, 0.29) is 0 Å². The van der Waals surface area contributed by atoms with Gasteiger partial charge in [-0.15, -0.1) is 0 Å². The Labute approximate surface area is 204 Å². The average Bonchev–Trinajstić information content (AvgIpc) is 3.42. The van der Waals surface area contributed by atoms with E-state index in [0.29, 0.717) is 6.54 Å². The third-order valence-electron chi connectivity index (χ3n) is 6.44. The molecule has 5 heteroatoms. The van der Waals surface area contributed by atoms with E-state index in [1.807, 2.05) is 12.1 Å². The van der Waals surface area contributed by atoms with Gasteiger partial charge in [-0.25, -0.2) is 9.97 Å². The second-order valence-corrected chi connectivity index (χ2v) is 8.94. The summed E-state index contributed by atoms with van der Waals surface area (Å²) in [7, 11) is 0. The Morgan fingerprint density at radius 3 is 1.91 bits per heavy atom. The highest BCUT2D eigenvalue weighted by Crippen LogP contribution is 2.23. The molecule has 0 saturated carbocycles. The number of nitrogens with zero attached hydrogens (tertiary/aromatic N) is 4. The van der Waals surface area contributed by atoms with Crippen molar-refractivity contribution in [3.63, 3.8) is 0 Å². The molecule has 0 fully saturated rings. The quantitative estimate of drug-likeness (QED) is 0.302. The van der Waals surface area contributed by atoms with Crippen LogP contribution in [0, 0.1) is 6.92 Å². The van der Waals surface area contributed by atoms with Crippen molar-refractivity contribution in [2.45, 2.75) is 26.6 Å². The molecule has 2 heterocycles. The van der Waals surface area contributed by atoms with Crippen molar-refractivity contribution >= 4 is 28.0 Å². The van der Waals surface area contributed by atoms with E-state index in [2.05, 4.69) is 112 Å². The van der Waals surface area contributed by atoms with Crippen LogP contribution in [0.2, 0.25) is 0 Å². The van der Waals surface area contributed by atoms with Gasteiger partial charge in [0, 0.05) is 6.54 Å². The first kappa shape index (κ1) is 21.2. The van der Waals surface area contributed by atoms with E-state index in [9.17, 15) is 0 Å². The van der Waals surface area contributed by atoms with E-state index < -0.39 is 0 Å². The molecule has 0 radical (unpaired) electrons. The van der Waals surface area contributed by atoms with Gasteiger partial charge in [-0.1, -0.05) is 84.4 Å². The van der Waals surface area contributed by atoms with Crippen molar-refractivity contribution in [1.29, 1.82) is 0 Å². The molecule has 172 valence electrons. The highest BCUT2D eigenvalue weighted by atomic mass is 15.2. The van der Waals surface area contributed by atoms with Gasteiger partial charge >= 0.3 is 0 Å². The normalized spacial score (nSPS) is 11.3. The highest BCUT2D eigenvalue weighted by Gasteiger charge is 2.14. The van der Waals surface area contributed by atoms with Crippen LogP contribution < -0.4 is 5.32 Å². The maximum absolute atomic E-state index is 4.96. The van der Waals surface area contributed by atoms with Gasteiger partial charge in [0.25, 0.3) is 0 Å². The molecule has 2 aromatic heterocycles. The molecular formula is C30H27N5. The SMILES string of the molecule is Cc1ccc(Cn2c(NCc3nc4ccccc4n3Cc3ccccc3)nc3ccccc32)cc1. The summed E-state index contributed by atoms with van der Waals surface area (Å²) in [5.41, 5.74) is 8.02. The Kier molecular flexibility index (Phi) is 5.51. The minimum absolute atomic E-state index is 0.582. The molecule has 0 aliphatic heterocycles. The number of nitrogens with one attached hydrogen (secondary N) is 1. The van der Waals surface area contributed by atoms with Crippen LogP contribution in [0.3, 0.4) is 0 Å². The first-order chi connectivity index (χ1) is 17.2. The van der Waals surface area contributed by atoms with Crippen LogP contribution in [0.4, 0.5) is 5.95 Å². The molecule has 0 unspecified atom stereocenters. The molecule has 0 aliphatic rings. The van der Waals surface area contributed by atoms with Crippen LogP contribution in [0.5, 0.6) is 0 Å². The molecule has 0 spiro atoms. The molecule has 0 bridgehead atoms. The second-order valence-electron chi connectivity index (χ2n) is 8.94. The number of fused-ring (bicyclic) bond motifs is 2. The summed E-state index contributed by atoms with van der Waals surface area (Å²) in [6.07, 6.45) is 0. The van der Waals surface area contributed by atoms with Crippen LogP contribution in [0.1, 0.15) is 22.5 Å². The Morgan fingerprint density at radius 2 is 1.17 bits per heavy atom. The van der Waals surface area contributed by atoms with Gasteiger partial charge in [0.1, 0.15) is 5.82 Å². The number of anilines is 1. The van der Waals surface area contributed by atoms with Gasteiger partial charge in [-0.05, 0) is 42.3 Å². The summed E-state index contributed by atoms with van der Waals surface area (Å²) < 4.78 is 4.55. The topological polar surface area (TPSA) is 47.7 Å². The minimum Gasteiger partial charge on any atom is -0.348 e. The summed E-state index contributed by atoms with van der Waals surface area (Å²) in [6.45, 7) is 4.23. The minimum atomic E-state index is 0.582. The van der Waals surface area contributed by atoms with Crippen LogP contribution >= 0.6 is 0 Å². The lowest BCUT2D eigenvalue weighted by Gasteiger charge is -2.13. The van der Waals surface area contributed by atoms with Crippen molar-refractivity contribution in [1.82, 2.24) is 19.1 Å². The molecule has 1 N–H and O–H groups in total. The molecule has 35 heavy (non-hydrogen) atoms. The van der Waals surface area contributed by atoms with E-state index >= 15 is 0 Å². The number of benzene rings is 4. The predicted octanol–water partition coefficient (Wildman–Crippen LogP) is 6.40. The lowest BCUT2D eigenvalue weighted by atomic mass is 10.1. The number of hydrogen-bond acceptors (Lipinski definition) is 3. The van der Waals surface area contributed by atoms with Crippen molar-refractivity contribution in [3.05, 3.63) is 126 Å². The number of hydrogen-bond donors (Lipinski definition) is 1. The van der Waals surface area contributed by atoms with Gasteiger partial charge in [0.2, 0.25) is 5.95 Å². The third-order valence-corrected chi connectivity index (χ3v) is 6.44. The zero-order valence-corrected chi connectivity index (χ0v) is 19.7. The summed E-state index contributed by atoms with van der Waals surface area (Å²) in [5.74, 6) is 1.84. The van der Waals surface area contributed by atoms with Gasteiger partial charge in [0.15, 0.2) is 0 Å². The monoisotopic (exact) mass is 457 g/mol. The summed E-state index contributed by atoms with van der Waals surface area (Å²) >= 11 is 0. The predicted molar refractivity (Wildman–Crippen MR) is 143 cm³/mol. The van der Waals surface area contributed by atoms with E-state index in [1.54, 1.807) is 0 Å². The van der Waals surface area contributed by atoms with Crippen LogP contribution in [-0.4, -0.2) is 19.1 Å². The maximum Gasteiger partial charge on any atom is 0.204 e. The fourth-order valence-corrected chi connectivity index (χ4v) is 4.61. The summed E-state index contributed by atoms with van der Waals surface area (Å²) in [5, 5.41) is 3.61. The fraction of sp³-hybridized carbons (Fsp3) is 0.133. The first-order valence-electron chi connectivity index (χ1n) is 12.0. The third kappa shape index (κ3) is 4.28. The molecule has 6 aromatic rings. The molecule has 6 rings (SSSR count). The molecule has 5 nitrogen and oxygen atoms in total. The lowest BCUT2D eigenvalue weighted by Crippen LogP contribution is -2.13. The lowest BCUT2D eigenvalue weighted by molar-refractivity contribution is 0.746. The van der Waals surface area contributed by atoms with Gasteiger partial charge in [-0.3, -0.25) is 0 Å². The number of rotatable bonds is 7. The van der Waals surface area contributed by atoms with Crippen molar-refractivity contribution < 1.29 is 0 Å². The molecule has 4 aromatic carbocycles. The zero-order chi connectivity index (χ0) is 23.6. The average molecular weight is 458 g/mol. The standard InChI is InChI=1S/C30H27N5/c1-22-15-17-24(18-16-22)21-35-28-14-8-6-12-26(28)33-30(35)31-19-29-32-25-11-5-7-13-27(25)34(29)20-23-9-3-2-4-10-23/h2-18H,19-21H2,1H3,(H,31,33). The molecule has 0 atom stereocenters. The van der Waals surface area contributed by atoms with E-state index in [1.165, 1.54) is 16.7 Å². The fourth-order valence-electron chi connectivity index (χ4n) is 4.61. The van der Waals surface area contributed by atoms with E-state index in [4.69, 9.17) is 9.97 Å².